The molecule has 0 unspecified atom stereocenters. The smallest absolute Gasteiger partial charge is 0.405 e. The Hall–Kier alpha value is -3.63. The number of likely N-dealkylation sites (N-methyl/N-ethyl adjacent to an activating group) is 1. The number of anilines is 1. The Bertz CT molecular complexity index is 1480. The van der Waals surface area contributed by atoms with Gasteiger partial charge in [0.2, 0.25) is 5.91 Å². The molecule has 0 radical (unpaired) electrons. The first-order valence-electron chi connectivity index (χ1n) is 12.4. The summed E-state index contributed by atoms with van der Waals surface area (Å²) in [6.45, 7) is 3.04. The number of nitrogens with one attached hydrogen (secondary N) is 1. The summed E-state index contributed by atoms with van der Waals surface area (Å²) in [6.07, 6.45) is -2.08. The molecule has 4 rings (SSSR count). The van der Waals surface area contributed by atoms with Crippen LogP contribution in [0.1, 0.15) is 24.5 Å². The van der Waals surface area contributed by atoms with Gasteiger partial charge in [-0.2, -0.15) is 0 Å². The van der Waals surface area contributed by atoms with Crippen molar-refractivity contribution in [1.29, 1.82) is 0 Å². The number of sulfone groups is 1. The second-order valence-corrected chi connectivity index (χ2v) is 11.6. The molecule has 0 atom stereocenters. The molecule has 10 heteroatoms. The highest BCUT2D eigenvalue weighted by Crippen LogP contribution is 2.40. The van der Waals surface area contributed by atoms with Crippen LogP contribution < -0.4 is 10.1 Å². The van der Waals surface area contributed by atoms with Crippen molar-refractivity contribution in [1.82, 2.24) is 4.90 Å². The topological polar surface area (TPSA) is 75.7 Å². The first-order valence-corrected chi connectivity index (χ1v) is 14.1. The number of amides is 1. The van der Waals surface area contributed by atoms with Gasteiger partial charge in [0.1, 0.15) is 5.75 Å². The van der Waals surface area contributed by atoms with Gasteiger partial charge >= 0.3 is 6.36 Å². The van der Waals surface area contributed by atoms with E-state index >= 15 is 0 Å². The number of rotatable bonds is 8. The van der Waals surface area contributed by atoms with Crippen molar-refractivity contribution >= 4 is 27.0 Å². The molecule has 0 aromatic heterocycles. The molecule has 3 aromatic carbocycles. The number of benzene rings is 3. The zero-order valence-corrected chi connectivity index (χ0v) is 22.4. The van der Waals surface area contributed by atoms with Crippen LogP contribution in [0.5, 0.6) is 5.75 Å². The molecule has 1 aliphatic heterocycles. The fourth-order valence-electron chi connectivity index (χ4n) is 4.41. The molecule has 1 amide bonds. The van der Waals surface area contributed by atoms with Crippen molar-refractivity contribution in [2.75, 3.05) is 31.2 Å². The van der Waals surface area contributed by atoms with Crippen molar-refractivity contribution in [3.05, 3.63) is 83.9 Å². The van der Waals surface area contributed by atoms with Gasteiger partial charge in [-0.1, -0.05) is 49.4 Å². The van der Waals surface area contributed by atoms with Crippen molar-refractivity contribution in [3.63, 3.8) is 0 Å². The van der Waals surface area contributed by atoms with E-state index in [-0.39, 0.29) is 28.7 Å². The number of carbonyl (C=O) groups is 1. The van der Waals surface area contributed by atoms with E-state index < -0.39 is 16.2 Å². The maximum absolute atomic E-state index is 13.1. The number of nitrogens with zero attached hydrogens (tertiary/aromatic N) is 1. The maximum Gasteiger partial charge on any atom is 0.573 e. The normalized spacial score (nSPS) is 14.5. The highest BCUT2D eigenvalue weighted by atomic mass is 32.2. The molecule has 39 heavy (non-hydrogen) atoms. The first kappa shape index (κ1) is 28.4. The molecule has 1 N–H and O–H groups in total. The lowest BCUT2D eigenvalue weighted by atomic mass is 9.90. The third-order valence-corrected chi connectivity index (χ3v) is 8.24. The second kappa shape index (κ2) is 11.6. The summed E-state index contributed by atoms with van der Waals surface area (Å²) >= 11 is 0. The predicted octanol–water partition coefficient (Wildman–Crippen LogP) is 5.95. The van der Waals surface area contributed by atoms with Crippen molar-refractivity contribution < 1.29 is 31.1 Å². The minimum absolute atomic E-state index is 0.00924. The third-order valence-electron chi connectivity index (χ3n) is 6.49. The third kappa shape index (κ3) is 7.27. The van der Waals surface area contributed by atoms with Gasteiger partial charge < -0.3 is 15.0 Å². The Morgan fingerprint density at radius 3 is 2.36 bits per heavy atom. The van der Waals surface area contributed by atoms with Crippen LogP contribution in [-0.2, 0) is 21.1 Å². The van der Waals surface area contributed by atoms with Crippen LogP contribution in [0.25, 0.3) is 16.7 Å². The van der Waals surface area contributed by atoms with Gasteiger partial charge in [-0.05, 0) is 66.1 Å². The average Bonchev–Trinajstić information content (AvgIpc) is 2.89. The van der Waals surface area contributed by atoms with E-state index in [1.807, 2.05) is 13.1 Å². The maximum atomic E-state index is 13.1. The van der Waals surface area contributed by atoms with Gasteiger partial charge in [0.25, 0.3) is 0 Å². The lowest BCUT2D eigenvalue weighted by Crippen LogP contribution is -2.24. The Morgan fingerprint density at radius 1 is 1.00 bits per heavy atom. The summed E-state index contributed by atoms with van der Waals surface area (Å²) in [5.41, 5.74) is 3.69. The summed E-state index contributed by atoms with van der Waals surface area (Å²) in [5.74, 6) is -0.618. The number of hydrogen-bond acceptors (Lipinski definition) is 5. The molecule has 1 aliphatic rings. The van der Waals surface area contributed by atoms with Crippen LogP contribution in [0, 0.1) is 0 Å². The number of carbonyl (C=O) groups excluding carboxylic acids is 1. The highest BCUT2D eigenvalue weighted by molar-refractivity contribution is 7.91. The number of hydrogen-bond donors (Lipinski definition) is 1. The van der Waals surface area contributed by atoms with E-state index in [0.29, 0.717) is 40.9 Å². The lowest BCUT2D eigenvalue weighted by molar-refractivity contribution is -0.274. The summed E-state index contributed by atoms with van der Waals surface area (Å²) < 4.78 is 67.7. The van der Waals surface area contributed by atoms with Gasteiger partial charge in [-0.3, -0.25) is 4.79 Å². The zero-order chi connectivity index (χ0) is 28.2. The van der Waals surface area contributed by atoms with Gasteiger partial charge in [0.15, 0.2) is 9.84 Å². The van der Waals surface area contributed by atoms with E-state index in [1.165, 1.54) is 24.3 Å². The summed E-state index contributed by atoms with van der Waals surface area (Å²) in [6, 6.07) is 17.3. The Balaban J connectivity index is 1.63. The van der Waals surface area contributed by atoms with E-state index in [1.54, 1.807) is 49.4 Å². The Labute approximate surface area is 226 Å². The van der Waals surface area contributed by atoms with Gasteiger partial charge in [0.05, 0.1) is 17.1 Å². The summed E-state index contributed by atoms with van der Waals surface area (Å²) in [5, 5.41) is 2.86. The lowest BCUT2D eigenvalue weighted by Gasteiger charge is -2.24. The first-order chi connectivity index (χ1) is 18.4. The number of ether oxygens (including phenoxy) is 1. The molecular formula is C29H29F3N2O4S. The summed E-state index contributed by atoms with van der Waals surface area (Å²) in [4.78, 5) is 15.2. The minimum atomic E-state index is -4.84. The van der Waals surface area contributed by atoms with Gasteiger partial charge in [-0.15, -0.1) is 13.2 Å². The highest BCUT2D eigenvalue weighted by Gasteiger charge is 2.32. The van der Waals surface area contributed by atoms with Crippen LogP contribution in [0.2, 0.25) is 0 Å². The monoisotopic (exact) mass is 558 g/mol. The van der Waals surface area contributed by atoms with Crippen LogP contribution in [0.15, 0.2) is 77.7 Å². The number of halogens is 3. The van der Waals surface area contributed by atoms with Crippen molar-refractivity contribution in [3.8, 4) is 16.9 Å². The quantitative estimate of drug-likeness (QED) is 0.370. The average molecular weight is 559 g/mol. The fourth-order valence-corrected chi connectivity index (χ4v) is 5.30. The van der Waals surface area contributed by atoms with Gasteiger partial charge in [0, 0.05) is 24.3 Å². The van der Waals surface area contributed by atoms with Crippen LogP contribution in [-0.4, -0.2) is 51.5 Å². The zero-order valence-electron chi connectivity index (χ0n) is 21.6. The van der Waals surface area contributed by atoms with E-state index in [0.717, 1.165) is 12.1 Å². The molecule has 6 nitrogen and oxygen atoms in total. The van der Waals surface area contributed by atoms with Crippen LogP contribution in [0.4, 0.5) is 18.9 Å². The van der Waals surface area contributed by atoms with Crippen molar-refractivity contribution in [2.45, 2.75) is 31.0 Å². The molecule has 0 bridgehead atoms. The SMILES string of the molecule is CCS(=O)(=O)c1ccc(CC(=O)Nc2ccc(-c3ccccc3OC(F)(F)F)c(C3=CCN(C)CC3)c2)cc1. The fraction of sp³-hybridized carbons (Fsp3) is 0.276. The molecule has 0 spiro atoms. The number of para-hydroxylation sites is 1. The molecule has 206 valence electrons. The molecular weight excluding hydrogens is 529 g/mol. The van der Waals surface area contributed by atoms with Crippen LogP contribution >= 0.6 is 0 Å². The predicted molar refractivity (Wildman–Crippen MR) is 145 cm³/mol. The largest absolute Gasteiger partial charge is 0.573 e. The Kier molecular flexibility index (Phi) is 8.46. The molecule has 0 saturated carbocycles. The molecule has 0 saturated heterocycles. The molecule has 0 fully saturated rings. The minimum Gasteiger partial charge on any atom is -0.405 e. The standard InChI is InChI=1S/C29H29F3N2O4S/c1-3-39(36,37)23-11-8-20(9-12-23)18-28(35)33-22-10-13-24(26(19-22)21-14-16-34(2)17-15-21)25-6-4-5-7-27(25)38-29(30,31)32/h4-14,19H,3,15-18H2,1-2H3,(H,33,35). The van der Waals surface area contributed by atoms with E-state index in [9.17, 15) is 26.4 Å². The van der Waals surface area contributed by atoms with Crippen molar-refractivity contribution in [2.24, 2.45) is 0 Å². The van der Waals surface area contributed by atoms with E-state index in [2.05, 4.69) is 15.0 Å². The van der Waals surface area contributed by atoms with E-state index in [4.69, 9.17) is 0 Å². The van der Waals surface area contributed by atoms with Crippen LogP contribution in [0.3, 0.4) is 0 Å². The second-order valence-electron chi connectivity index (χ2n) is 9.32. The molecule has 3 aromatic rings. The Morgan fingerprint density at radius 2 is 1.72 bits per heavy atom. The summed E-state index contributed by atoms with van der Waals surface area (Å²) in [7, 11) is -1.34. The molecule has 0 aliphatic carbocycles. The van der Waals surface area contributed by atoms with Gasteiger partial charge in [-0.25, -0.2) is 8.42 Å². The number of alkyl halides is 3. The molecule has 1 heterocycles.